The van der Waals surface area contributed by atoms with Gasteiger partial charge >= 0.3 is 0 Å². The second-order valence-electron chi connectivity index (χ2n) is 7.28. The van der Waals surface area contributed by atoms with Gasteiger partial charge in [-0.2, -0.15) is 0 Å². The molecule has 0 amide bonds. The zero-order chi connectivity index (χ0) is 21.1. The Morgan fingerprint density at radius 3 is 2.10 bits per heavy atom. The van der Waals surface area contributed by atoms with Crippen molar-refractivity contribution >= 4 is 23.9 Å². The molecule has 0 atom stereocenters. The molecule has 0 saturated carbocycles. The van der Waals surface area contributed by atoms with Crippen molar-refractivity contribution in [1.29, 1.82) is 0 Å². The molecule has 1 heterocycles. The summed E-state index contributed by atoms with van der Waals surface area (Å²) < 4.78 is 14.0. The van der Waals surface area contributed by atoms with Gasteiger partial charge in [0.2, 0.25) is 0 Å². The van der Waals surface area contributed by atoms with Crippen LogP contribution in [0.5, 0.6) is 11.5 Å². The van der Waals surface area contributed by atoms with E-state index in [9.17, 15) is 0 Å². The number of nitrogens with zero attached hydrogens (tertiary/aromatic N) is 1. The lowest BCUT2D eigenvalue weighted by Gasteiger charge is -2.25. The van der Waals surface area contributed by atoms with Gasteiger partial charge in [0.25, 0.3) is 0 Å². The zero-order valence-electron chi connectivity index (χ0n) is 18.6. The van der Waals surface area contributed by atoms with Crippen molar-refractivity contribution in [2.45, 2.75) is 58.8 Å². The summed E-state index contributed by atoms with van der Waals surface area (Å²) in [5, 5.41) is 0. The number of aromatic nitrogens is 1. The molecular weight excluding hydrogens is 378 g/mol. The summed E-state index contributed by atoms with van der Waals surface area (Å²) >= 11 is 2.08. The van der Waals surface area contributed by atoms with E-state index in [-0.39, 0.29) is 0 Å². The molecule has 3 nitrogen and oxygen atoms in total. The van der Waals surface area contributed by atoms with Crippen LogP contribution in [0.25, 0.3) is 12.2 Å². The predicted molar refractivity (Wildman–Crippen MR) is 126 cm³/mol. The molecule has 0 spiro atoms. The SMILES string of the molecule is CCOc1ccc(C=Cc2cc[n+](CCSC(C)(CC)CC)cc2)cc1OCC. The molecule has 0 aliphatic carbocycles. The molecule has 0 aliphatic rings. The second-order valence-corrected chi connectivity index (χ2v) is 8.96. The summed E-state index contributed by atoms with van der Waals surface area (Å²) in [6, 6.07) is 10.4. The molecule has 29 heavy (non-hydrogen) atoms. The lowest BCUT2D eigenvalue weighted by atomic mass is 10.1. The molecule has 1 aromatic heterocycles. The quantitative estimate of drug-likeness (QED) is 0.383. The van der Waals surface area contributed by atoms with Crippen LogP contribution < -0.4 is 14.0 Å². The van der Waals surface area contributed by atoms with Crippen molar-refractivity contribution in [3.8, 4) is 11.5 Å². The van der Waals surface area contributed by atoms with E-state index in [2.05, 4.69) is 79.8 Å². The van der Waals surface area contributed by atoms with Gasteiger partial charge in [-0.05, 0) is 49.9 Å². The molecule has 0 saturated heterocycles. The molecular formula is C25H36NO2S+. The number of thioether (sulfide) groups is 1. The lowest BCUT2D eigenvalue weighted by Crippen LogP contribution is -2.34. The maximum atomic E-state index is 5.71. The number of aryl methyl sites for hydroxylation is 1. The number of hydrogen-bond donors (Lipinski definition) is 0. The number of rotatable bonds is 12. The summed E-state index contributed by atoms with van der Waals surface area (Å²) in [7, 11) is 0. The molecule has 158 valence electrons. The summed E-state index contributed by atoms with van der Waals surface area (Å²) in [6.07, 6.45) is 11.0. The monoisotopic (exact) mass is 414 g/mol. The highest BCUT2D eigenvalue weighted by atomic mass is 32.2. The van der Waals surface area contributed by atoms with E-state index in [0.29, 0.717) is 18.0 Å². The van der Waals surface area contributed by atoms with Crippen LogP contribution in [-0.4, -0.2) is 23.7 Å². The van der Waals surface area contributed by atoms with Gasteiger partial charge in [-0.25, -0.2) is 4.57 Å². The molecule has 1 aromatic carbocycles. The van der Waals surface area contributed by atoms with Crippen molar-refractivity contribution in [2.75, 3.05) is 19.0 Å². The number of ether oxygens (including phenoxy) is 2. The normalized spacial score (nSPS) is 11.8. The van der Waals surface area contributed by atoms with Gasteiger partial charge in [0.05, 0.1) is 19.0 Å². The van der Waals surface area contributed by atoms with Gasteiger partial charge in [0.1, 0.15) is 0 Å². The Kier molecular flexibility index (Phi) is 9.59. The van der Waals surface area contributed by atoms with E-state index in [1.54, 1.807) is 0 Å². The average molecular weight is 415 g/mol. The van der Waals surface area contributed by atoms with Crippen LogP contribution in [0.4, 0.5) is 0 Å². The highest BCUT2D eigenvalue weighted by Crippen LogP contribution is 2.31. The molecule has 0 bridgehead atoms. The molecule has 2 aromatic rings. The van der Waals surface area contributed by atoms with E-state index in [1.807, 2.05) is 26.0 Å². The van der Waals surface area contributed by atoms with Crippen LogP contribution in [0.2, 0.25) is 0 Å². The second kappa shape index (κ2) is 11.9. The Hall–Kier alpha value is -1.94. The topological polar surface area (TPSA) is 22.3 Å². The van der Waals surface area contributed by atoms with Gasteiger partial charge < -0.3 is 9.47 Å². The summed E-state index contributed by atoms with van der Waals surface area (Å²) in [4.78, 5) is 0. The van der Waals surface area contributed by atoms with E-state index in [4.69, 9.17) is 9.47 Å². The van der Waals surface area contributed by atoms with Gasteiger partial charge in [-0.1, -0.05) is 39.0 Å². The minimum Gasteiger partial charge on any atom is -0.490 e. The Balaban J connectivity index is 1.97. The van der Waals surface area contributed by atoms with E-state index in [0.717, 1.165) is 29.4 Å². The number of hydrogen-bond acceptors (Lipinski definition) is 3. The molecule has 0 aliphatic heterocycles. The molecule has 0 radical (unpaired) electrons. The van der Waals surface area contributed by atoms with Crippen LogP contribution in [0, 0.1) is 0 Å². The maximum absolute atomic E-state index is 5.71. The highest BCUT2D eigenvalue weighted by molar-refractivity contribution is 8.00. The Labute approximate surface area is 181 Å². The summed E-state index contributed by atoms with van der Waals surface area (Å²) in [5.74, 6) is 2.74. The lowest BCUT2D eigenvalue weighted by molar-refractivity contribution is -0.692. The van der Waals surface area contributed by atoms with Crippen LogP contribution in [0.15, 0.2) is 42.7 Å². The van der Waals surface area contributed by atoms with Crippen molar-refractivity contribution in [3.05, 3.63) is 53.9 Å². The fraction of sp³-hybridized carbons (Fsp3) is 0.480. The first-order valence-electron chi connectivity index (χ1n) is 10.7. The van der Waals surface area contributed by atoms with E-state index in [1.165, 1.54) is 18.4 Å². The summed E-state index contributed by atoms with van der Waals surface area (Å²) in [6.45, 7) is 13.2. The molecule has 2 rings (SSSR count). The van der Waals surface area contributed by atoms with Gasteiger partial charge in [-0.3, -0.25) is 0 Å². The van der Waals surface area contributed by atoms with Crippen molar-refractivity contribution in [2.24, 2.45) is 0 Å². The minimum absolute atomic E-state index is 0.404. The maximum Gasteiger partial charge on any atom is 0.169 e. The molecule has 0 N–H and O–H groups in total. The first kappa shape index (κ1) is 23.3. The zero-order valence-corrected chi connectivity index (χ0v) is 19.4. The standard InChI is InChI=1S/C25H36NO2S/c1-6-25(5,7-2)29-19-18-26-16-14-21(15-17-26)10-11-22-12-13-23(27-8-3)24(20-22)28-9-4/h10-17,20H,6-9,18-19H2,1-5H3/q+1. The smallest absolute Gasteiger partial charge is 0.169 e. The third-order valence-corrected chi connectivity index (χ3v) is 6.91. The van der Waals surface area contributed by atoms with Crippen LogP contribution in [0.1, 0.15) is 58.6 Å². The third kappa shape index (κ3) is 7.43. The number of pyridine rings is 1. The first-order valence-corrected chi connectivity index (χ1v) is 11.7. The summed E-state index contributed by atoms with van der Waals surface area (Å²) in [5.41, 5.74) is 2.29. The fourth-order valence-corrected chi connectivity index (χ4v) is 4.15. The highest BCUT2D eigenvalue weighted by Gasteiger charge is 2.20. The van der Waals surface area contributed by atoms with Gasteiger partial charge in [-0.15, -0.1) is 11.8 Å². The van der Waals surface area contributed by atoms with Crippen LogP contribution in [0.3, 0.4) is 0 Å². The number of benzene rings is 1. The van der Waals surface area contributed by atoms with Crippen molar-refractivity contribution in [1.82, 2.24) is 0 Å². The van der Waals surface area contributed by atoms with Crippen LogP contribution in [-0.2, 0) is 6.54 Å². The average Bonchev–Trinajstić information content (AvgIpc) is 2.75. The van der Waals surface area contributed by atoms with Crippen LogP contribution >= 0.6 is 11.8 Å². The van der Waals surface area contributed by atoms with E-state index < -0.39 is 0 Å². The van der Waals surface area contributed by atoms with Gasteiger partial charge in [0, 0.05) is 16.9 Å². The predicted octanol–water partition coefficient (Wildman–Crippen LogP) is 6.25. The molecule has 0 unspecified atom stereocenters. The minimum atomic E-state index is 0.404. The third-order valence-electron chi connectivity index (χ3n) is 5.25. The Morgan fingerprint density at radius 2 is 1.48 bits per heavy atom. The Morgan fingerprint density at radius 1 is 0.862 bits per heavy atom. The fourth-order valence-electron chi connectivity index (χ4n) is 2.94. The molecule has 0 fully saturated rings. The van der Waals surface area contributed by atoms with E-state index >= 15 is 0 Å². The van der Waals surface area contributed by atoms with Crippen molar-refractivity contribution in [3.63, 3.8) is 0 Å². The van der Waals surface area contributed by atoms with Gasteiger partial charge in [0.15, 0.2) is 30.4 Å². The Bertz CT molecular complexity index is 767. The van der Waals surface area contributed by atoms with Crippen molar-refractivity contribution < 1.29 is 14.0 Å². The molecule has 4 heteroatoms. The first-order chi connectivity index (χ1) is 14.0. The largest absolute Gasteiger partial charge is 0.490 e.